The van der Waals surface area contributed by atoms with E-state index in [1.165, 1.54) is 17.4 Å². The molecular weight excluding hydrogens is 380 g/mol. The molecule has 0 saturated carbocycles. The number of ether oxygens (including phenoxy) is 1. The SMILES string of the molecule is Cc1ccc(C)c(-c2csc(NC(=O)COc3ccc(C)nc3[N+](=O)[O-])n2)c1. The van der Waals surface area contributed by atoms with Crippen LogP contribution < -0.4 is 10.1 Å². The van der Waals surface area contributed by atoms with Crippen molar-refractivity contribution in [1.82, 2.24) is 9.97 Å². The second-order valence-corrected chi connectivity index (χ2v) is 7.08. The molecule has 3 rings (SSSR count). The van der Waals surface area contributed by atoms with Gasteiger partial charge in [-0.15, -0.1) is 11.3 Å². The predicted octanol–water partition coefficient (Wildman–Crippen LogP) is 4.06. The van der Waals surface area contributed by atoms with E-state index in [0.717, 1.165) is 22.4 Å². The van der Waals surface area contributed by atoms with E-state index in [4.69, 9.17) is 4.74 Å². The summed E-state index contributed by atoms with van der Waals surface area (Å²) in [7, 11) is 0. The fourth-order valence-electron chi connectivity index (χ4n) is 2.54. The van der Waals surface area contributed by atoms with Crippen molar-refractivity contribution in [3.05, 3.63) is 62.6 Å². The highest BCUT2D eigenvalue weighted by atomic mass is 32.1. The molecule has 0 fully saturated rings. The third-order valence-corrected chi connectivity index (χ3v) is 4.69. The van der Waals surface area contributed by atoms with Crippen LogP contribution in [-0.4, -0.2) is 27.4 Å². The Labute approximate surface area is 165 Å². The molecule has 144 valence electrons. The average Bonchev–Trinajstić information content (AvgIpc) is 3.10. The van der Waals surface area contributed by atoms with Crippen LogP contribution in [0, 0.1) is 30.9 Å². The normalized spacial score (nSPS) is 10.5. The van der Waals surface area contributed by atoms with Crippen molar-refractivity contribution in [2.24, 2.45) is 0 Å². The van der Waals surface area contributed by atoms with Gasteiger partial charge in [0.15, 0.2) is 11.7 Å². The molecule has 0 aliphatic rings. The van der Waals surface area contributed by atoms with Gasteiger partial charge in [-0.05, 0) is 47.5 Å². The molecule has 0 bridgehead atoms. The molecule has 0 atom stereocenters. The third-order valence-electron chi connectivity index (χ3n) is 3.93. The molecule has 1 aromatic carbocycles. The fraction of sp³-hybridized carbons (Fsp3) is 0.211. The fourth-order valence-corrected chi connectivity index (χ4v) is 3.27. The quantitative estimate of drug-likeness (QED) is 0.496. The number of hydrogen-bond donors (Lipinski definition) is 1. The number of carbonyl (C=O) groups excluding carboxylic acids is 1. The van der Waals surface area contributed by atoms with Gasteiger partial charge in [-0.3, -0.25) is 10.1 Å². The van der Waals surface area contributed by atoms with Crippen molar-refractivity contribution < 1.29 is 14.5 Å². The van der Waals surface area contributed by atoms with Crippen LogP contribution in [0.15, 0.2) is 35.7 Å². The molecular formula is C19H18N4O4S. The molecule has 9 heteroatoms. The van der Waals surface area contributed by atoms with Crippen LogP contribution in [0.1, 0.15) is 16.8 Å². The van der Waals surface area contributed by atoms with Gasteiger partial charge in [0.05, 0.1) is 5.69 Å². The lowest BCUT2D eigenvalue weighted by atomic mass is 10.0. The van der Waals surface area contributed by atoms with E-state index < -0.39 is 16.6 Å². The van der Waals surface area contributed by atoms with Crippen molar-refractivity contribution in [2.75, 3.05) is 11.9 Å². The molecule has 2 heterocycles. The van der Waals surface area contributed by atoms with Crippen molar-refractivity contribution in [1.29, 1.82) is 0 Å². The Morgan fingerprint density at radius 1 is 1.21 bits per heavy atom. The van der Waals surface area contributed by atoms with Gasteiger partial charge in [0, 0.05) is 17.9 Å². The number of hydrogen-bond acceptors (Lipinski definition) is 7. The molecule has 28 heavy (non-hydrogen) atoms. The first kappa shape index (κ1) is 19.4. The molecule has 0 aliphatic carbocycles. The van der Waals surface area contributed by atoms with Gasteiger partial charge in [-0.25, -0.2) is 4.98 Å². The number of anilines is 1. The maximum atomic E-state index is 12.1. The van der Waals surface area contributed by atoms with Crippen molar-refractivity contribution in [3.8, 4) is 17.0 Å². The van der Waals surface area contributed by atoms with Gasteiger partial charge >= 0.3 is 5.82 Å². The standard InChI is InChI=1S/C19H18N4O4S/c1-11-4-5-12(2)14(8-11)15-10-28-19(21-15)22-17(24)9-27-16-7-6-13(3)20-18(16)23(25)26/h4-8,10H,9H2,1-3H3,(H,21,22,24). The maximum Gasteiger partial charge on any atom is 0.406 e. The first-order valence-electron chi connectivity index (χ1n) is 8.41. The topological polar surface area (TPSA) is 107 Å². The number of amides is 1. The Morgan fingerprint density at radius 3 is 2.75 bits per heavy atom. The zero-order valence-electron chi connectivity index (χ0n) is 15.6. The van der Waals surface area contributed by atoms with Gasteiger partial charge in [0.25, 0.3) is 5.91 Å². The summed E-state index contributed by atoms with van der Waals surface area (Å²) in [5, 5.41) is 16.0. The molecule has 0 saturated heterocycles. The lowest BCUT2D eigenvalue weighted by Crippen LogP contribution is -2.20. The number of rotatable bonds is 6. The van der Waals surface area contributed by atoms with Gasteiger partial charge in [0.1, 0.15) is 5.69 Å². The Bertz CT molecular complexity index is 1050. The molecule has 8 nitrogen and oxygen atoms in total. The minimum Gasteiger partial charge on any atom is -0.476 e. The van der Waals surface area contributed by atoms with Gasteiger partial charge in [0.2, 0.25) is 5.75 Å². The highest BCUT2D eigenvalue weighted by Crippen LogP contribution is 2.28. The summed E-state index contributed by atoms with van der Waals surface area (Å²) in [5.41, 5.74) is 4.50. The maximum absolute atomic E-state index is 12.1. The van der Waals surface area contributed by atoms with E-state index in [-0.39, 0.29) is 12.4 Å². The number of aryl methyl sites for hydroxylation is 3. The highest BCUT2D eigenvalue weighted by Gasteiger charge is 2.19. The summed E-state index contributed by atoms with van der Waals surface area (Å²) >= 11 is 1.30. The van der Waals surface area contributed by atoms with Crippen LogP contribution in [0.2, 0.25) is 0 Å². The number of carbonyl (C=O) groups is 1. The van der Waals surface area contributed by atoms with Crippen LogP contribution >= 0.6 is 11.3 Å². The zero-order chi connectivity index (χ0) is 20.3. The van der Waals surface area contributed by atoms with Crippen LogP contribution in [-0.2, 0) is 4.79 Å². The minimum absolute atomic E-state index is 0.0547. The lowest BCUT2D eigenvalue weighted by molar-refractivity contribution is -0.390. The predicted molar refractivity (Wildman–Crippen MR) is 107 cm³/mol. The molecule has 0 spiro atoms. The van der Waals surface area contributed by atoms with Crippen molar-refractivity contribution >= 4 is 28.2 Å². The van der Waals surface area contributed by atoms with E-state index in [0.29, 0.717) is 10.8 Å². The molecule has 1 amide bonds. The summed E-state index contributed by atoms with van der Waals surface area (Å²) < 4.78 is 5.27. The van der Waals surface area contributed by atoms with E-state index in [1.54, 1.807) is 13.0 Å². The monoisotopic (exact) mass is 398 g/mol. The number of nitro groups is 1. The first-order valence-corrected chi connectivity index (χ1v) is 9.29. The smallest absolute Gasteiger partial charge is 0.406 e. The van der Waals surface area contributed by atoms with E-state index >= 15 is 0 Å². The van der Waals surface area contributed by atoms with Gasteiger partial charge in [-0.1, -0.05) is 17.7 Å². The largest absolute Gasteiger partial charge is 0.476 e. The number of nitrogens with one attached hydrogen (secondary N) is 1. The summed E-state index contributed by atoms with van der Waals surface area (Å²) in [4.78, 5) is 30.8. The number of pyridine rings is 1. The lowest BCUT2D eigenvalue weighted by Gasteiger charge is -2.06. The minimum atomic E-state index is -0.641. The molecule has 3 aromatic rings. The Kier molecular flexibility index (Phi) is 5.65. The molecule has 0 aliphatic heterocycles. The van der Waals surface area contributed by atoms with Crippen LogP contribution in [0.25, 0.3) is 11.3 Å². The van der Waals surface area contributed by atoms with Crippen molar-refractivity contribution in [3.63, 3.8) is 0 Å². The Balaban J connectivity index is 1.66. The van der Waals surface area contributed by atoms with Crippen molar-refractivity contribution in [2.45, 2.75) is 20.8 Å². The third kappa shape index (κ3) is 4.49. The van der Waals surface area contributed by atoms with Crippen LogP contribution in [0.5, 0.6) is 5.75 Å². The first-order chi connectivity index (χ1) is 13.3. The summed E-state index contributed by atoms with van der Waals surface area (Å²) in [6.07, 6.45) is 0. The summed E-state index contributed by atoms with van der Waals surface area (Å²) in [6.45, 7) is 5.26. The van der Waals surface area contributed by atoms with E-state index in [2.05, 4.69) is 15.3 Å². The summed E-state index contributed by atoms with van der Waals surface area (Å²) in [6, 6.07) is 9.11. The van der Waals surface area contributed by atoms with Crippen LogP contribution in [0.3, 0.4) is 0 Å². The Hall–Kier alpha value is -3.33. The van der Waals surface area contributed by atoms with Gasteiger partial charge in [-0.2, -0.15) is 0 Å². The molecule has 1 N–H and O–H groups in total. The Morgan fingerprint density at radius 2 is 2.00 bits per heavy atom. The van der Waals surface area contributed by atoms with E-state index in [9.17, 15) is 14.9 Å². The number of aromatic nitrogens is 2. The summed E-state index contributed by atoms with van der Waals surface area (Å²) in [5.74, 6) is -0.933. The number of thiazole rings is 1. The van der Waals surface area contributed by atoms with E-state index in [1.807, 2.05) is 37.4 Å². The molecule has 2 aromatic heterocycles. The second-order valence-electron chi connectivity index (χ2n) is 6.22. The molecule has 0 unspecified atom stereocenters. The number of benzene rings is 1. The average molecular weight is 398 g/mol. The van der Waals surface area contributed by atoms with Gasteiger partial charge < -0.3 is 14.9 Å². The second kappa shape index (κ2) is 8.13. The number of nitrogens with zero attached hydrogens (tertiary/aromatic N) is 3. The van der Waals surface area contributed by atoms with Crippen LogP contribution in [0.4, 0.5) is 10.9 Å². The zero-order valence-corrected chi connectivity index (χ0v) is 16.4. The highest BCUT2D eigenvalue weighted by molar-refractivity contribution is 7.14. The molecule has 0 radical (unpaired) electrons.